The summed E-state index contributed by atoms with van der Waals surface area (Å²) in [5, 5.41) is 0. The van der Waals surface area contributed by atoms with E-state index < -0.39 is 0 Å². The third-order valence-corrected chi connectivity index (χ3v) is 3.35. The average molecular weight is 175 g/mol. The molecule has 0 saturated heterocycles. The smallest absolute Gasteiger partial charge is 0.0398 e. The first-order chi connectivity index (χ1) is 6.20. The maximum atomic E-state index is 2.39. The monoisotopic (exact) mass is 175 g/mol. The Morgan fingerprint density at radius 2 is 1.92 bits per heavy atom. The summed E-state index contributed by atoms with van der Waals surface area (Å²) in [5.74, 6) is 0.764. The van der Waals surface area contributed by atoms with E-state index in [1.807, 2.05) is 0 Å². The van der Waals surface area contributed by atoms with Gasteiger partial charge in [-0.25, -0.2) is 0 Å². The molecule has 0 saturated carbocycles. The molecule has 1 aliphatic heterocycles. The van der Waals surface area contributed by atoms with Crippen LogP contribution >= 0.6 is 0 Å². The average Bonchev–Trinajstić information content (AvgIpc) is 2.15. The van der Waals surface area contributed by atoms with Crippen LogP contribution < -0.4 is 4.90 Å². The van der Waals surface area contributed by atoms with Crippen LogP contribution in [-0.2, 0) is 6.42 Å². The summed E-state index contributed by atoms with van der Waals surface area (Å²) in [6, 6.07) is 9.38. The fourth-order valence-electron chi connectivity index (χ4n) is 2.15. The second kappa shape index (κ2) is 3.06. The molecule has 0 amide bonds. The lowest BCUT2D eigenvalue weighted by Gasteiger charge is -2.38. The molecule has 0 radical (unpaired) electrons. The first-order valence-corrected chi connectivity index (χ1v) is 5.01. The zero-order chi connectivity index (χ0) is 9.42. The van der Waals surface area contributed by atoms with Gasteiger partial charge in [-0.3, -0.25) is 0 Å². The summed E-state index contributed by atoms with van der Waals surface area (Å²) in [7, 11) is 2.19. The molecule has 2 rings (SSSR count). The molecule has 1 nitrogen and oxygen atoms in total. The summed E-state index contributed by atoms with van der Waals surface area (Å²) < 4.78 is 0. The number of anilines is 1. The van der Waals surface area contributed by atoms with Crippen LogP contribution in [0.1, 0.15) is 19.4 Å². The zero-order valence-electron chi connectivity index (χ0n) is 8.62. The number of fused-ring (bicyclic) bond motifs is 1. The van der Waals surface area contributed by atoms with Gasteiger partial charge in [0.25, 0.3) is 0 Å². The van der Waals surface area contributed by atoms with Crippen LogP contribution in [0.4, 0.5) is 5.69 Å². The molecule has 0 aromatic heterocycles. The third kappa shape index (κ3) is 1.32. The number of rotatable bonds is 0. The van der Waals surface area contributed by atoms with Crippen LogP contribution in [0.2, 0.25) is 0 Å². The molecule has 0 bridgehead atoms. The first-order valence-electron chi connectivity index (χ1n) is 5.01. The summed E-state index contributed by atoms with van der Waals surface area (Å²) in [6.07, 6.45) is 1.22. The normalized spacial score (nSPS) is 27.2. The van der Waals surface area contributed by atoms with Gasteiger partial charge in [0.1, 0.15) is 0 Å². The minimum absolute atomic E-state index is 0.662. The lowest BCUT2D eigenvalue weighted by atomic mass is 9.88. The second-order valence-electron chi connectivity index (χ2n) is 4.16. The molecular formula is C12H17N. The van der Waals surface area contributed by atoms with Crippen LogP contribution in [0, 0.1) is 5.92 Å². The van der Waals surface area contributed by atoms with Gasteiger partial charge in [-0.2, -0.15) is 0 Å². The van der Waals surface area contributed by atoms with E-state index in [0.717, 1.165) is 5.92 Å². The van der Waals surface area contributed by atoms with Gasteiger partial charge in [-0.15, -0.1) is 0 Å². The van der Waals surface area contributed by atoms with E-state index in [4.69, 9.17) is 0 Å². The van der Waals surface area contributed by atoms with E-state index in [9.17, 15) is 0 Å². The van der Waals surface area contributed by atoms with Gasteiger partial charge in [0.2, 0.25) is 0 Å². The van der Waals surface area contributed by atoms with Gasteiger partial charge >= 0.3 is 0 Å². The Balaban J connectivity index is 2.43. The molecule has 0 fully saturated rings. The maximum Gasteiger partial charge on any atom is 0.0398 e. The summed E-state index contributed by atoms with van der Waals surface area (Å²) in [6.45, 7) is 4.64. The molecule has 13 heavy (non-hydrogen) atoms. The lowest BCUT2D eigenvalue weighted by molar-refractivity contribution is 0.443. The third-order valence-electron chi connectivity index (χ3n) is 3.35. The fourth-order valence-corrected chi connectivity index (χ4v) is 2.15. The minimum Gasteiger partial charge on any atom is -0.371 e. The highest BCUT2D eigenvalue weighted by Gasteiger charge is 2.25. The maximum absolute atomic E-state index is 2.39. The molecule has 0 aliphatic carbocycles. The van der Waals surface area contributed by atoms with E-state index in [1.165, 1.54) is 17.7 Å². The molecular weight excluding hydrogens is 158 g/mol. The highest BCUT2D eigenvalue weighted by molar-refractivity contribution is 5.55. The largest absolute Gasteiger partial charge is 0.371 e. The van der Waals surface area contributed by atoms with E-state index in [2.05, 4.69) is 50.1 Å². The Morgan fingerprint density at radius 1 is 1.23 bits per heavy atom. The molecule has 2 atom stereocenters. The molecule has 1 heterocycles. The van der Waals surface area contributed by atoms with E-state index >= 15 is 0 Å². The number of para-hydroxylation sites is 1. The summed E-state index contributed by atoms with van der Waals surface area (Å²) >= 11 is 0. The number of hydrogen-bond donors (Lipinski definition) is 0. The van der Waals surface area contributed by atoms with Crippen molar-refractivity contribution in [2.75, 3.05) is 11.9 Å². The van der Waals surface area contributed by atoms with Crippen LogP contribution in [0.3, 0.4) is 0 Å². The van der Waals surface area contributed by atoms with Gasteiger partial charge in [-0.05, 0) is 30.9 Å². The Bertz CT molecular complexity index is 306. The van der Waals surface area contributed by atoms with Crippen molar-refractivity contribution >= 4 is 5.69 Å². The van der Waals surface area contributed by atoms with Crippen molar-refractivity contribution in [3.05, 3.63) is 29.8 Å². The van der Waals surface area contributed by atoms with Gasteiger partial charge in [0, 0.05) is 18.8 Å². The van der Waals surface area contributed by atoms with Gasteiger partial charge in [0.05, 0.1) is 0 Å². The minimum atomic E-state index is 0.662. The first kappa shape index (κ1) is 8.61. The Hall–Kier alpha value is -0.980. The Labute approximate surface area is 80.4 Å². The Morgan fingerprint density at radius 3 is 2.69 bits per heavy atom. The SMILES string of the molecule is CC1Cc2ccccc2N(C)C1C. The van der Waals surface area contributed by atoms with E-state index in [-0.39, 0.29) is 0 Å². The van der Waals surface area contributed by atoms with E-state index in [0.29, 0.717) is 6.04 Å². The second-order valence-corrected chi connectivity index (χ2v) is 4.16. The van der Waals surface area contributed by atoms with Crippen LogP contribution in [0.5, 0.6) is 0 Å². The van der Waals surface area contributed by atoms with Crippen molar-refractivity contribution in [3.63, 3.8) is 0 Å². The molecule has 0 spiro atoms. The molecule has 70 valence electrons. The molecule has 1 aromatic carbocycles. The van der Waals surface area contributed by atoms with E-state index in [1.54, 1.807) is 0 Å². The highest BCUT2D eigenvalue weighted by atomic mass is 15.1. The molecule has 0 N–H and O–H groups in total. The Kier molecular flexibility index (Phi) is 2.03. The predicted molar refractivity (Wildman–Crippen MR) is 57.2 cm³/mol. The standard InChI is InChI=1S/C12H17N/c1-9-8-11-6-4-5-7-12(11)13(3)10(9)2/h4-7,9-10H,8H2,1-3H3. The van der Waals surface area contributed by atoms with Gasteiger partial charge in [0.15, 0.2) is 0 Å². The lowest BCUT2D eigenvalue weighted by Crippen LogP contribution is -2.39. The predicted octanol–water partition coefficient (Wildman–Crippen LogP) is 2.70. The number of hydrogen-bond acceptors (Lipinski definition) is 1. The molecule has 2 unspecified atom stereocenters. The van der Waals surface area contributed by atoms with Gasteiger partial charge in [-0.1, -0.05) is 25.1 Å². The topological polar surface area (TPSA) is 3.24 Å². The molecule has 1 aromatic rings. The van der Waals surface area contributed by atoms with Crippen LogP contribution in [-0.4, -0.2) is 13.1 Å². The van der Waals surface area contributed by atoms with Crippen molar-refractivity contribution in [3.8, 4) is 0 Å². The van der Waals surface area contributed by atoms with Crippen molar-refractivity contribution in [2.24, 2.45) is 5.92 Å². The van der Waals surface area contributed by atoms with Crippen molar-refractivity contribution in [1.29, 1.82) is 0 Å². The summed E-state index contributed by atoms with van der Waals surface area (Å²) in [4.78, 5) is 2.39. The quantitative estimate of drug-likeness (QED) is 0.586. The molecule has 1 heteroatoms. The number of benzene rings is 1. The molecule has 1 aliphatic rings. The number of nitrogens with zero attached hydrogens (tertiary/aromatic N) is 1. The van der Waals surface area contributed by atoms with Crippen LogP contribution in [0.25, 0.3) is 0 Å². The van der Waals surface area contributed by atoms with Crippen LogP contribution in [0.15, 0.2) is 24.3 Å². The highest BCUT2D eigenvalue weighted by Crippen LogP contribution is 2.31. The fraction of sp³-hybridized carbons (Fsp3) is 0.500. The summed E-state index contributed by atoms with van der Waals surface area (Å²) in [5.41, 5.74) is 2.91. The van der Waals surface area contributed by atoms with Crippen molar-refractivity contribution in [2.45, 2.75) is 26.3 Å². The van der Waals surface area contributed by atoms with Crippen molar-refractivity contribution in [1.82, 2.24) is 0 Å². The van der Waals surface area contributed by atoms with Crippen molar-refractivity contribution < 1.29 is 0 Å². The van der Waals surface area contributed by atoms with Gasteiger partial charge < -0.3 is 4.90 Å². The zero-order valence-corrected chi connectivity index (χ0v) is 8.62.